The molecule has 0 saturated carbocycles. The molecule has 0 amide bonds. The van der Waals surface area contributed by atoms with Crippen molar-refractivity contribution in [3.05, 3.63) is 29.8 Å². The zero-order valence-electron chi connectivity index (χ0n) is 10.3. The first kappa shape index (κ1) is 14.7. The number of ether oxygens (including phenoxy) is 1. The lowest BCUT2D eigenvalue weighted by molar-refractivity contribution is 0.149. The Labute approximate surface area is 107 Å². The molecule has 0 spiro atoms. The minimum Gasteiger partial charge on any atom is -0.384 e. The molecular formula is C12H18N2O3S. The highest BCUT2D eigenvalue weighted by Crippen LogP contribution is 2.13. The van der Waals surface area contributed by atoms with E-state index >= 15 is 0 Å². The Hall–Kier alpha value is -1.40. The molecule has 1 aromatic rings. The van der Waals surface area contributed by atoms with Crippen molar-refractivity contribution in [1.29, 1.82) is 5.41 Å². The second kappa shape index (κ2) is 6.51. The molecule has 18 heavy (non-hydrogen) atoms. The van der Waals surface area contributed by atoms with E-state index in [1.165, 1.54) is 12.1 Å². The Kier molecular flexibility index (Phi) is 5.30. The molecule has 5 nitrogen and oxygen atoms in total. The molecule has 6 heteroatoms. The molecule has 0 atom stereocenters. The van der Waals surface area contributed by atoms with Crippen molar-refractivity contribution < 1.29 is 13.2 Å². The van der Waals surface area contributed by atoms with Crippen molar-refractivity contribution in [3.63, 3.8) is 0 Å². The maximum Gasteiger partial charge on any atom is 0.180 e. The second-order valence-electron chi connectivity index (χ2n) is 3.87. The van der Waals surface area contributed by atoms with Gasteiger partial charge < -0.3 is 10.5 Å². The predicted molar refractivity (Wildman–Crippen MR) is 70.6 cm³/mol. The number of nitrogen functional groups attached to an aromatic ring is 1. The summed E-state index contributed by atoms with van der Waals surface area (Å²) in [4.78, 5) is 0.176. The first-order valence-corrected chi connectivity index (χ1v) is 7.37. The lowest BCUT2D eigenvalue weighted by atomic mass is 10.2. The van der Waals surface area contributed by atoms with E-state index in [0.29, 0.717) is 12.2 Å². The molecule has 0 aromatic heterocycles. The third-order valence-electron chi connectivity index (χ3n) is 2.35. The van der Waals surface area contributed by atoms with Crippen LogP contribution < -0.4 is 5.73 Å². The first-order valence-electron chi connectivity index (χ1n) is 5.72. The maximum atomic E-state index is 12.0. The van der Waals surface area contributed by atoms with Crippen LogP contribution in [0.25, 0.3) is 0 Å². The number of hydrogen-bond acceptors (Lipinski definition) is 4. The molecule has 1 aromatic carbocycles. The molecule has 0 aliphatic heterocycles. The summed E-state index contributed by atoms with van der Waals surface area (Å²) in [5, 5.41) is 7.29. The summed E-state index contributed by atoms with van der Waals surface area (Å²) in [7, 11) is -3.37. The lowest BCUT2D eigenvalue weighted by Crippen LogP contribution is -2.15. The normalized spacial score (nSPS) is 11.4. The first-order chi connectivity index (χ1) is 8.47. The SMILES string of the molecule is CCCOCCS(=O)(=O)c1cccc(C(=N)N)c1. The van der Waals surface area contributed by atoms with Crippen LogP contribution in [0.2, 0.25) is 0 Å². The quantitative estimate of drug-likeness (QED) is 0.442. The highest BCUT2D eigenvalue weighted by molar-refractivity contribution is 7.91. The summed E-state index contributed by atoms with van der Waals surface area (Å²) < 4.78 is 29.1. The predicted octanol–water partition coefficient (Wildman–Crippen LogP) is 1.17. The van der Waals surface area contributed by atoms with E-state index in [1.807, 2.05) is 6.92 Å². The van der Waals surface area contributed by atoms with Crippen molar-refractivity contribution >= 4 is 15.7 Å². The lowest BCUT2D eigenvalue weighted by Gasteiger charge is -2.06. The van der Waals surface area contributed by atoms with Gasteiger partial charge in [-0.2, -0.15) is 0 Å². The van der Waals surface area contributed by atoms with E-state index in [-0.39, 0.29) is 23.1 Å². The zero-order chi connectivity index (χ0) is 13.6. The van der Waals surface area contributed by atoms with Crippen LogP contribution in [-0.2, 0) is 14.6 Å². The Morgan fingerprint density at radius 3 is 2.72 bits per heavy atom. The average molecular weight is 270 g/mol. The highest BCUT2D eigenvalue weighted by atomic mass is 32.2. The molecule has 0 saturated heterocycles. The monoisotopic (exact) mass is 270 g/mol. The minimum atomic E-state index is -3.37. The second-order valence-corrected chi connectivity index (χ2v) is 5.98. The zero-order valence-corrected chi connectivity index (χ0v) is 11.2. The molecule has 0 radical (unpaired) electrons. The van der Waals surface area contributed by atoms with Crippen LogP contribution in [0.4, 0.5) is 0 Å². The summed E-state index contributed by atoms with van der Waals surface area (Å²) in [5.74, 6) is -0.205. The van der Waals surface area contributed by atoms with Crippen molar-refractivity contribution in [1.82, 2.24) is 0 Å². The smallest absolute Gasteiger partial charge is 0.180 e. The van der Waals surface area contributed by atoms with Crippen LogP contribution in [0, 0.1) is 5.41 Å². The van der Waals surface area contributed by atoms with Crippen LogP contribution >= 0.6 is 0 Å². The molecule has 0 unspecified atom stereocenters. The standard InChI is InChI=1S/C12H18N2O3S/c1-2-6-17-7-8-18(15,16)11-5-3-4-10(9-11)12(13)14/h3-5,9H,2,6-8H2,1H3,(H3,13,14). The Morgan fingerprint density at radius 1 is 1.39 bits per heavy atom. The number of rotatable bonds is 7. The van der Waals surface area contributed by atoms with E-state index in [0.717, 1.165) is 6.42 Å². The van der Waals surface area contributed by atoms with Gasteiger partial charge in [-0.25, -0.2) is 8.42 Å². The molecule has 100 valence electrons. The molecule has 3 N–H and O–H groups in total. The van der Waals surface area contributed by atoms with E-state index in [1.54, 1.807) is 12.1 Å². The third-order valence-corrected chi connectivity index (χ3v) is 4.03. The number of amidine groups is 1. The van der Waals surface area contributed by atoms with Gasteiger partial charge >= 0.3 is 0 Å². The van der Waals surface area contributed by atoms with Crippen LogP contribution in [0.3, 0.4) is 0 Å². The number of hydrogen-bond donors (Lipinski definition) is 2. The van der Waals surface area contributed by atoms with Crippen molar-refractivity contribution in [2.24, 2.45) is 5.73 Å². The number of nitrogens with two attached hydrogens (primary N) is 1. The largest absolute Gasteiger partial charge is 0.384 e. The summed E-state index contributed by atoms with van der Waals surface area (Å²) >= 11 is 0. The molecule has 0 fully saturated rings. The fourth-order valence-electron chi connectivity index (χ4n) is 1.39. The summed E-state index contributed by atoms with van der Waals surface area (Å²) in [5.41, 5.74) is 5.74. The van der Waals surface area contributed by atoms with Gasteiger partial charge in [-0.1, -0.05) is 19.1 Å². The fraction of sp³-hybridized carbons (Fsp3) is 0.417. The van der Waals surface area contributed by atoms with Crippen molar-refractivity contribution in [2.75, 3.05) is 19.0 Å². The summed E-state index contributed by atoms with van der Waals surface area (Å²) in [6, 6.07) is 6.10. The molecule has 0 heterocycles. The van der Waals surface area contributed by atoms with E-state index in [2.05, 4.69) is 0 Å². The van der Waals surface area contributed by atoms with Gasteiger partial charge in [-0.15, -0.1) is 0 Å². The van der Waals surface area contributed by atoms with Gasteiger partial charge in [-0.05, 0) is 18.6 Å². The molecule has 0 aliphatic carbocycles. The molecule has 1 rings (SSSR count). The Morgan fingerprint density at radius 2 is 2.11 bits per heavy atom. The molecule has 0 bridgehead atoms. The van der Waals surface area contributed by atoms with Gasteiger partial charge in [0, 0.05) is 12.2 Å². The minimum absolute atomic E-state index is 0.0612. The number of sulfone groups is 1. The number of nitrogens with one attached hydrogen (secondary N) is 1. The van der Waals surface area contributed by atoms with E-state index in [4.69, 9.17) is 15.9 Å². The average Bonchev–Trinajstić information content (AvgIpc) is 2.35. The van der Waals surface area contributed by atoms with Gasteiger partial charge in [0.05, 0.1) is 17.3 Å². The third kappa shape index (κ3) is 4.12. The van der Waals surface area contributed by atoms with Gasteiger partial charge in [0.1, 0.15) is 5.84 Å². The summed E-state index contributed by atoms with van der Waals surface area (Å²) in [6.45, 7) is 2.70. The maximum absolute atomic E-state index is 12.0. The van der Waals surface area contributed by atoms with Crippen LogP contribution in [0.1, 0.15) is 18.9 Å². The molecule has 0 aliphatic rings. The van der Waals surface area contributed by atoms with E-state index < -0.39 is 9.84 Å². The number of benzene rings is 1. The van der Waals surface area contributed by atoms with Crippen molar-refractivity contribution in [2.45, 2.75) is 18.2 Å². The van der Waals surface area contributed by atoms with E-state index in [9.17, 15) is 8.42 Å². The van der Waals surface area contributed by atoms with Gasteiger partial charge in [0.15, 0.2) is 9.84 Å². The fourth-order valence-corrected chi connectivity index (χ4v) is 2.56. The van der Waals surface area contributed by atoms with Crippen LogP contribution in [0.15, 0.2) is 29.2 Å². The van der Waals surface area contributed by atoms with Gasteiger partial charge in [0.25, 0.3) is 0 Å². The highest BCUT2D eigenvalue weighted by Gasteiger charge is 2.15. The van der Waals surface area contributed by atoms with Crippen molar-refractivity contribution in [3.8, 4) is 0 Å². The van der Waals surface area contributed by atoms with Gasteiger partial charge in [-0.3, -0.25) is 5.41 Å². The van der Waals surface area contributed by atoms with Crippen LogP contribution in [-0.4, -0.2) is 33.2 Å². The Bertz CT molecular complexity index is 512. The van der Waals surface area contributed by atoms with Gasteiger partial charge in [0.2, 0.25) is 0 Å². The topological polar surface area (TPSA) is 93.2 Å². The summed E-state index contributed by atoms with van der Waals surface area (Å²) in [6.07, 6.45) is 0.861. The van der Waals surface area contributed by atoms with Crippen LogP contribution in [0.5, 0.6) is 0 Å². The molecular weight excluding hydrogens is 252 g/mol. The Balaban J connectivity index is 2.78.